The van der Waals surface area contributed by atoms with Crippen LogP contribution >= 0.6 is 0 Å². The molecule has 0 bridgehead atoms. The Morgan fingerprint density at radius 1 is 1.33 bits per heavy atom. The minimum Gasteiger partial charge on any atom is -0.316 e. The summed E-state index contributed by atoms with van der Waals surface area (Å²) in [6.45, 7) is 9.30. The van der Waals surface area contributed by atoms with Crippen LogP contribution in [0.5, 0.6) is 0 Å². The Kier molecular flexibility index (Phi) is 6.22. The van der Waals surface area contributed by atoms with Crippen LogP contribution in [0.25, 0.3) is 0 Å². The maximum absolute atomic E-state index is 4.30. The van der Waals surface area contributed by atoms with Gasteiger partial charge < -0.3 is 5.32 Å². The Labute approximate surface area is 129 Å². The van der Waals surface area contributed by atoms with Crippen molar-refractivity contribution in [1.29, 1.82) is 0 Å². The Bertz CT molecular complexity index is 413. The van der Waals surface area contributed by atoms with Crippen molar-refractivity contribution in [3.63, 3.8) is 0 Å². The third-order valence-electron chi connectivity index (χ3n) is 5.08. The lowest BCUT2D eigenvalue weighted by molar-refractivity contribution is 0.144. The molecule has 1 aromatic rings. The number of aromatic nitrogens is 3. The van der Waals surface area contributed by atoms with Gasteiger partial charge in [0.1, 0.15) is 0 Å². The van der Waals surface area contributed by atoms with Crippen molar-refractivity contribution < 1.29 is 0 Å². The molecule has 3 atom stereocenters. The summed E-state index contributed by atoms with van der Waals surface area (Å²) in [5.41, 5.74) is 1.16. The molecule has 3 unspecified atom stereocenters. The van der Waals surface area contributed by atoms with Crippen LogP contribution in [0.3, 0.4) is 0 Å². The number of hydrogen-bond acceptors (Lipinski definition) is 3. The first-order chi connectivity index (χ1) is 10.1. The number of rotatable bonds is 7. The number of hydrogen-bond donors (Lipinski definition) is 1. The Morgan fingerprint density at radius 2 is 2.14 bits per heavy atom. The summed E-state index contributed by atoms with van der Waals surface area (Å²) in [4.78, 5) is 0. The molecule has 2 rings (SSSR count). The van der Waals surface area contributed by atoms with Gasteiger partial charge in [0.05, 0.1) is 5.69 Å². The normalized spacial score (nSPS) is 26.4. The minimum atomic E-state index is 0.757. The van der Waals surface area contributed by atoms with Gasteiger partial charge in [-0.3, -0.25) is 4.68 Å². The van der Waals surface area contributed by atoms with Gasteiger partial charge in [-0.25, -0.2) is 0 Å². The minimum absolute atomic E-state index is 0.757. The van der Waals surface area contributed by atoms with Crippen LogP contribution < -0.4 is 5.32 Å². The molecule has 1 heterocycles. The molecule has 120 valence electrons. The summed E-state index contributed by atoms with van der Waals surface area (Å²) in [6, 6.07) is 0. The van der Waals surface area contributed by atoms with Crippen molar-refractivity contribution >= 4 is 0 Å². The molecule has 21 heavy (non-hydrogen) atoms. The summed E-state index contributed by atoms with van der Waals surface area (Å²) in [5, 5.41) is 12.0. The maximum atomic E-state index is 4.30. The van der Waals surface area contributed by atoms with Crippen molar-refractivity contribution in [3.05, 3.63) is 11.9 Å². The SMILES string of the molecule is CCCNCC1CCC(C(C)C)CC1Cc1cn(C)nn1. The van der Waals surface area contributed by atoms with E-state index in [0.29, 0.717) is 0 Å². The van der Waals surface area contributed by atoms with Gasteiger partial charge >= 0.3 is 0 Å². The molecule has 0 aromatic carbocycles. The van der Waals surface area contributed by atoms with E-state index in [0.717, 1.165) is 42.3 Å². The second-order valence-corrected chi connectivity index (χ2v) is 7.13. The molecule has 1 saturated carbocycles. The molecule has 0 amide bonds. The van der Waals surface area contributed by atoms with Gasteiger partial charge in [-0.1, -0.05) is 26.0 Å². The Morgan fingerprint density at radius 3 is 2.76 bits per heavy atom. The zero-order valence-electron chi connectivity index (χ0n) is 14.2. The van der Waals surface area contributed by atoms with Gasteiger partial charge in [0, 0.05) is 13.2 Å². The van der Waals surface area contributed by atoms with Gasteiger partial charge in [0.25, 0.3) is 0 Å². The molecular weight excluding hydrogens is 260 g/mol. The standard InChI is InChI=1S/C17H32N4/c1-5-8-18-11-15-7-6-14(13(2)3)9-16(15)10-17-12-21(4)20-19-17/h12-16,18H,5-11H2,1-4H3. The summed E-state index contributed by atoms with van der Waals surface area (Å²) in [5.74, 6) is 3.24. The van der Waals surface area contributed by atoms with Gasteiger partial charge in [-0.15, -0.1) is 5.10 Å². The average molecular weight is 292 g/mol. The predicted molar refractivity (Wildman–Crippen MR) is 87.0 cm³/mol. The zero-order chi connectivity index (χ0) is 15.2. The van der Waals surface area contributed by atoms with E-state index >= 15 is 0 Å². The molecule has 0 radical (unpaired) electrons. The predicted octanol–water partition coefficient (Wildman–Crippen LogP) is 3.05. The lowest BCUT2D eigenvalue weighted by atomic mass is 9.69. The molecule has 1 aliphatic rings. The third-order valence-corrected chi connectivity index (χ3v) is 5.08. The fourth-order valence-electron chi connectivity index (χ4n) is 3.71. The second-order valence-electron chi connectivity index (χ2n) is 7.13. The molecule has 4 heteroatoms. The van der Waals surface area contributed by atoms with Crippen LogP contribution in [-0.4, -0.2) is 28.1 Å². The Balaban J connectivity index is 1.97. The molecule has 1 aromatic heterocycles. The van der Waals surface area contributed by atoms with Crippen molar-refractivity contribution in [1.82, 2.24) is 20.3 Å². The third kappa shape index (κ3) is 4.80. The summed E-state index contributed by atoms with van der Waals surface area (Å²) in [7, 11) is 1.95. The van der Waals surface area contributed by atoms with Gasteiger partial charge in [-0.05, 0) is 68.9 Å². The fourth-order valence-corrected chi connectivity index (χ4v) is 3.71. The zero-order valence-corrected chi connectivity index (χ0v) is 14.2. The van der Waals surface area contributed by atoms with Crippen LogP contribution in [0, 0.1) is 23.7 Å². The lowest BCUT2D eigenvalue weighted by Crippen LogP contribution is -2.35. The smallest absolute Gasteiger partial charge is 0.0829 e. The first-order valence-electron chi connectivity index (χ1n) is 8.66. The van der Waals surface area contributed by atoms with Gasteiger partial charge in [0.2, 0.25) is 0 Å². The van der Waals surface area contributed by atoms with E-state index in [-0.39, 0.29) is 0 Å². The molecule has 1 fully saturated rings. The number of nitrogens with one attached hydrogen (secondary N) is 1. The van der Waals surface area contributed by atoms with E-state index < -0.39 is 0 Å². The highest BCUT2D eigenvalue weighted by Crippen LogP contribution is 2.38. The summed E-state index contributed by atoms with van der Waals surface area (Å²) >= 11 is 0. The molecule has 0 spiro atoms. The molecule has 0 saturated heterocycles. The van der Waals surface area contributed by atoms with Gasteiger partial charge in [-0.2, -0.15) is 0 Å². The molecular formula is C17H32N4. The highest BCUT2D eigenvalue weighted by Gasteiger charge is 2.32. The van der Waals surface area contributed by atoms with Gasteiger partial charge in [0.15, 0.2) is 0 Å². The first-order valence-corrected chi connectivity index (χ1v) is 8.66. The first kappa shape index (κ1) is 16.5. The van der Waals surface area contributed by atoms with Crippen molar-refractivity contribution in [2.75, 3.05) is 13.1 Å². The maximum Gasteiger partial charge on any atom is 0.0829 e. The number of nitrogens with zero attached hydrogens (tertiary/aromatic N) is 3. The van der Waals surface area contributed by atoms with Crippen LogP contribution in [0.1, 0.15) is 52.1 Å². The Hall–Kier alpha value is -0.900. The highest BCUT2D eigenvalue weighted by molar-refractivity contribution is 4.97. The van der Waals surface area contributed by atoms with Crippen LogP contribution in [0.15, 0.2) is 6.20 Å². The van der Waals surface area contributed by atoms with E-state index in [1.165, 1.54) is 32.2 Å². The van der Waals surface area contributed by atoms with E-state index in [9.17, 15) is 0 Å². The second kappa shape index (κ2) is 7.92. The molecule has 4 nitrogen and oxygen atoms in total. The highest BCUT2D eigenvalue weighted by atomic mass is 15.4. The summed E-state index contributed by atoms with van der Waals surface area (Å²) in [6.07, 6.45) is 8.51. The van der Waals surface area contributed by atoms with E-state index in [1.54, 1.807) is 0 Å². The molecule has 1 aliphatic carbocycles. The van der Waals surface area contributed by atoms with Crippen LogP contribution in [-0.2, 0) is 13.5 Å². The van der Waals surface area contributed by atoms with E-state index in [1.807, 2.05) is 11.7 Å². The average Bonchev–Trinajstić information content (AvgIpc) is 2.85. The molecule has 0 aliphatic heterocycles. The topological polar surface area (TPSA) is 42.7 Å². The van der Waals surface area contributed by atoms with Crippen molar-refractivity contribution in [2.45, 2.75) is 52.9 Å². The number of aryl methyl sites for hydroxylation is 1. The quantitative estimate of drug-likeness (QED) is 0.786. The van der Waals surface area contributed by atoms with E-state index in [4.69, 9.17) is 0 Å². The lowest BCUT2D eigenvalue weighted by Gasteiger charge is -2.38. The summed E-state index contributed by atoms with van der Waals surface area (Å²) < 4.78 is 1.82. The van der Waals surface area contributed by atoms with E-state index in [2.05, 4.69) is 42.6 Å². The van der Waals surface area contributed by atoms with Crippen LogP contribution in [0.4, 0.5) is 0 Å². The van der Waals surface area contributed by atoms with Crippen molar-refractivity contribution in [2.24, 2.45) is 30.7 Å². The van der Waals surface area contributed by atoms with Crippen LogP contribution in [0.2, 0.25) is 0 Å². The largest absolute Gasteiger partial charge is 0.316 e. The fraction of sp³-hybridized carbons (Fsp3) is 0.882. The molecule has 1 N–H and O–H groups in total. The monoisotopic (exact) mass is 292 g/mol. The van der Waals surface area contributed by atoms with Crippen molar-refractivity contribution in [3.8, 4) is 0 Å².